The van der Waals surface area contributed by atoms with E-state index in [1.165, 1.54) is 19.3 Å². The summed E-state index contributed by atoms with van der Waals surface area (Å²) in [7, 11) is -1.86. The van der Waals surface area contributed by atoms with Gasteiger partial charge in [-0.25, -0.2) is 0 Å². The fraction of sp³-hybridized carbons (Fsp3) is 1.00. The minimum Gasteiger partial charge on any atom is -0.324 e. The molecule has 2 heteroatoms. The molecule has 0 rings (SSSR count). The zero-order chi connectivity index (χ0) is 12.6. The third-order valence-corrected chi connectivity index (χ3v) is 6.58. The smallest absolute Gasteiger partial charge is 0.0880 e. The first-order valence-corrected chi connectivity index (χ1v) is 9.23. The summed E-state index contributed by atoms with van der Waals surface area (Å²) in [5.41, 5.74) is 0. The lowest BCUT2D eigenvalue weighted by atomic mass is 10.2. The van der Waals surface area contributed by atoms with Gasteiger partial charge in [-0.3, -0.25) is 0 Å². The van der Waals surface area contributed by atoms with E-state index in [9.17, 15) is 4.57 Å². The average Bonchev–Trinajstić information content (AvgIpc) is 2.14. The van der Waals surface area contributed by atoms with Gasteiger partial charge in [0, 0.05) is 18.5 Å². The summed E-state index contributed by atoms with van der Waals surface area (Å²) >= 11 is 0. The normalized spacial score (nSPS) is 15.7. The van der Waals surface area contributed by atoms with Gasteiger partial charge >= 0.3 is 0 Å². The van der Waals surface area contributed by atoms with Gasteiger partial charge in [-0.1, -0.05) is 47.5 Å². The van der Waals surface area contributed by atoms with E-state index in [1.807, 2.05) is 0 Å². The monoisotopic (exact) mass is 246 g/mol. The Morgan fingerprint density at radius 3 is 2.00 bits per heavy atom. The molecule has 0 N–H and O–H groups in total. The van der Waals surface area contributed by atoms with Crippen molar-refractivity contribution in [2.24, 2.45) is 11.8 Å². The summed E-state index contributed by atoms with van der Waals surface area (Å²) in [4.78, 5) is 0. The van der Waals surface area contributed by atoms with Crippen LogP contribution in [0.25, 0.3) is 0 Å². The SMILES string of the molecule is CCCCCP(=O)(CCC(C)C)CC(C)C. The summed E-state index contributed by atoms with van der Waals surface area (Å²) in [6.07, 6.45) is 7.70. The minimum absolute atomic E-state index is 0.583. The Balaban J connectivity index is 4.19. The molecule has 0 radical (unpaired) electrons. The highest BCUT2D eigenvalue weighted by molar-refractivity contribution is 7.63. The summed E-state index contributed by atoms with van der Waals surface area (Å²) in [6.45, 7) is 11.1. The van der Waals surface area contributed by atoms with Crippen LogP contribution in [-0.2, 0) is 4.57 Å². The van der Waals surface area contributed by atoms with Gasteiger partial charge in [-0.15, -0.1) is 0 Å². The highest BCUT2D eigenvalue weighted by atomic mass is 31.2. The van der Waals surface area contributed by atoms with Crippen molar-refractivity contribution in [3.63, 3.8) is 0 Å². The Hall–Kier alpha value is 0.230. The Labute approximate surface area is 103 Å². The van der Waals surface area contributed by atoms with Crippen LogP contribution in [0.4, 0.5) is 0 Å². The van der Waals surface area contributed by atoms with Crippen LogP contribution >= 0.6 is 7.14 Å². The Morgan fingerprint density at radius 2 is 1.56 bits per heavy atom. The fourth-order valence-corrected chi connectivity index (χ4v) is 5.81. The molecule has 0 aromatic carbocycles. The molecular formula is C14H31OP. The second-order valence-corrected chi connectivity index (χ2v) is 9.35. The molecule has 0 saturated heterocycles. The van der Waals surface area contributed by atoms with Gasteiger partial charge in [0.2, 0.25) is 0 Å². The Bertz CT molecular complexity index is 209. The minimum atomic E-state index is -1.86. The van der Waals surface area contributed by atoms with Gasteiger partial charge in [0.05, 0.1) is 7.14 Å². The van der Waals surface area contributed by atoms with E-state index in [0.717, 1.165) is 24.9 Å². The second kappa shape index (κ2) is 8.34. The summed E-state index contributed by atoms with van der Waals surface area (Å²) in [5, 5.41) is 0. The topological polar surface area (TPSA) is 17.1 Å². The van der Waals surface area contributed by atoms with E-state index >= 15 is 0 Å². The predicted octanol–water partition coefficient (Wildman–Crippen LogP) is 5.24. The average molecular weight is 246 g/mol. The molecule has 1 nitrogen and oxygen atoms in total. The van der Waals surface area contributed by atoms with Crippen LogP contribution in [0.2, 0.25) is 0 Å². The largest absolute Gasteiger partial charge is 0.324 e. The van der Waals surface area contributed by atoms with E-state index in [2.05, 4.69) is 34.6 Å². The highest BCUT2D eigenvalue weighted by Gasteiger charge is 2.22. The highest BCUT2D eigenvalue weighted by Crippen LogP contribution is 2.49. The maximum absolute atomic E-state index is 12.8. The van der Waals surface area contributed by atoms with Crippen molar-refractivity contribution in [2.45, 2.75) is 60.3 Å². The van der Waals surface area contributed by atoms with Gasteiger partial charge in [-0.2, -0.15) is 0 Å². The van der Waals surface area contributed by atoms with Crippen LogP contribution in [0.5, 0.6) is 0 Å². The molecule has 0 fully saturated rings. The van der Waals surface area contributed by atoms with Crippen LogP contribution < -0.4 is 0 Å². The van der Waals surface area contributed by atoms with E-state index in [4.69, 9.17) is 0 Å². The molecule has 0 spiro atoms. The molecule has 0 aliphatic carbocycles. The molecule has 98 valence electrons. The van der Waals surface area contributed by atoms with E-state index in [1.54, 1.807) is 0 Å². The van der Waals surface area contributed by atoms with Crippen LogP contribution in [-0.4, -0.2) is 18.5 Å². The third kappa shape index (κ3) is 8.39. The molecule has 1 unspecified atom stereocenters. The maximum atomic E-state index is 12.8. The molecule has 0 aromatic heterocycles. The quantitative estimate of drug-likeness (QED) is 0.401. The molecule has 16 heavy (non-hydrogen) atoms. The molecular weight excluding hydrogens is 215 g/mol. The third-order valence-electron chi connectivity index (χ3n) is 2.98. The molecule has 0 bridgehead atoms. The van der Waals surface area contributed by atoms with E-state index in [-0.39, 0.29) is 0 Å². The molecule has 0 heterocycles. The summed E-state index contributed by atoms with van der Waals surface area (Å²) in [5.74, 6) is 1.27. The maximum Gasteiger partial charge on any atom is 0.0880 e. The second-order valence-electron chi connectivity index (χ2n) is 5.97. The van der Waals surface area contributed by atoms with Gasteiger partial charge in [-0.05, 0) is 24.7 Å². The molecule has 0 saturated carbocycles. The lowest BCUT2D eigenvalue weighted by Gasteiger charge is -2.21. The zero-order valence-corrected chi connectivity index (χ0v) is 12.9. The molecule has 0 aliphatic rings. The van der Waals surface area contributed by atoms with Crippen LogP contribution in [0.15, 0.2) is 0 Å². The molecule has 0 amide bonds. The Morgan fingerprint density at radius 1 is 0.938 bits per heavy atom. The van der Waals surface area contributed by atoms with Crippen molar-refractivity contribution in [3.8, 4) is 0 Å². The number of unbranched alkanes of at least 4 members (excludes halogenated alkanes) is 2. The van der Waals surface area contributed by atoms with Crippen molar-refractivity contribution in [1.29, 1.82) is 0 Å². The standard InChI is InChI=1S/C14H31OP/c1-6-7-8-10-16(15,12-14(4)5)11-9-13(2)3/h13-14H,6-12H2,1-5H3. The van der Waals surface area contributed by atoms with Crippen molar-refractivity contribution in [1.82, 2.24) is 0 Å². The van der Waals surface area contributed by atoms with E-state index in [0.29, 0.717) is 11.8 Å². The van der Waals surface area contributed by atoms with E-state index < -0.39 is 7.14 Å². The number of hydrogen-bond donors (Lipinski definition) is 0. The first kappa shape index (κ1) is 16.2. The van der Waals surface area contributed by atoms with Gasteiger partial charge in [0.15, 0.2) is 0 Å². The van der Waals surface area contributed by atoms with Crippen molar-refractivity contribution < 1.29 is 4.57 Å². The van der Waals surface area contributed by atoms with Gasteiger partial charge in [0.1, 0.15) is 0 Å². The number of hydrogen-bond acceptors (Lipinski definition) is 1. The summed E-state index contributed by atoms with van der Waals surface area (Å²) in [6, 6.07) is 0. The van der Waals surface area contributed by atoms with Crippen molar-refractivity contribution in [3.05, 3.63) is 0 Å². The van der Waals surface area contributed by atoms with Gasteiger partial charge < -0.3 is 4.57 Å². The predicted molar refractivity (Wildman–Crippen MR) is 76.0 cm³/mol. The first-order valence-electron chi connectivity index (χ1n) is 6.96. The van der Waals surface area contributed by atoms with Crippen LogP contribution in [0.1, 0.15) is 60.3 Å². The van der Waals surface area contributed by atoms with Gasteiger partial charge in [0.25, 0.3) is 0 Å². The van der Waals surface area contributed by atoms with Crippen molar-refractivity contribution in [2.75, 3.05) is 18.5 Å². The van der Waals surface area contributed by atoms with Crippen LogP contribution in [0.3, 0.4) is 0 Å². The fourth-order valence-electron chi connectivity index (χ4n) is 2.10. The molecule has 0 aromatic rings. The Kier molecular flexibility index (Phi) is 8.46. The summed E-state index contributed by atoms with van der Waals surface area (Å²) < 4.78 is 12.8. The van der Waals surface area contributed by atoms with Crippen LogP contribution in [0, 0.1) is 11.8 Å². The molecule has 0 aliphatic heterocycles. The lowest BCUT2D eigenvalue weighted by molar-refractivity contribution is 0.549. The molecule has 1 atom stereocenters. The van der Waals surface area contributed by atoms with Crippen molar-refractivity contribution >= 4 is 7.14 Å². The lowest BCUT2D eigenvalue weighted by Crippen LogP contribution is -2.07. The number of rotatable bonds is 9. The zero-order valence-electron chi connectivity index (χ0n) is 12.0. The first-order chi connectivity index (χ1) is 7.39.